The van der Waals surface area contributed by atoms with Gasteiger partial charge >= 0.3 is 0 Å². The summed E-state index contributed by atoms with van der Waals surface area (Å²) < 4.78 is 0. The molecular weight excluding hydrogens is 262 g/mol. The number of rotatable bonds is 2. The quantitative estimate of drug-likeness (QED) is 0.615. The zero-order chi connectivity index (χ0) is 14.1. The first kappa shape index (κ1) is 11.7. The largest absolute Gasteiger partial charge is 0.278 e. The standard InChI is InChI=1S/C18H17NO2/c20-17-15-11-6-7-12(14-8-13(11)14)16(15)18(21)19(17)9-10-4-2-1-3-5-10/h1-7,11-16H,8-9H2/t11-,12+,13-,14+,15-,16+. The second kappa shape index (κ2) is 3.85. The van der Waals surface area contributed by atoms with Gasteiger partial charge in [-0.1, -0.05) is 42.5 Å². The SMILES string of the molecule is O=C1[C@@H]2[C@@H]3C=C[C@@H]([C@@H]4C[C@H]34)[C@@H]2C(=O)N1Cc1ccccc1. The maximum absolute atomic E-state index is 12.8. The molecule has 2 amide bonds. The van der Waals surface area contributed by atoms with Crippen LogP contribution in [-0.4, -0.2) is 16.7 Å². The third-order valence-corrected chi connectivity index (χ3v) is 5.94. The summed E-state index contributed by atoms with van der Waals surface area (Å²) in [5.41, 5.74) is 1.03. The number of imide groups is 1. The molecule has 1 aromatic carbocycles. The van der Waals surface area contributed by atoms with Gasteiger partial charge in [0, 0.05) is 0 Å². The minimum atomic E-state index is -0.0695. The molecule has 3 heteroatoms. The molecule has 1 heterocycles. The van der Waals surface area contributed by atoms with E-state index >= 15 is 0 Å². The lowest BCUT2D eigenvalue weighted by atomic mass is 9.63. The molecule has 0 N–H and O–H groups in total. The molecule has 0 spiro atoms. The van der Waals surface area contributed by atoms with E-state index in [0.717, 1.165) is 5.56 Å². The van der Waals surface area contributed by atoms with E-state index in [1.54, 1.807) is 0 Å². The van der Waals surface area contributed by atoms with Crippen LogP contribution < -0.4 is 0 Å². The summed E-state index contributed by atoms with van der Waals surface area (Å²) in [7, 11) is 0. The molecule has 1 saturated heterocycles. The Balaban J connectivity index is 1.49. The van der Waals surface area contributed by atoms with Crippen LogP contribution in [0.3, 0.4) is 0 Å². The molecule has 2 bridgehead atoms. The van der Waals surface area contributed by atoms with Crippen LogP contribution >= 0.6 is 0 Å². The number of hydrogen-bond donors (Lipinski definition) is 0. The number of nitrogens with zero attached hydrogens (tertiary/aromatic N) is 1. The lowest BCUT2D eigenvalue weighted by Gasteiger charge is -2.37. The van der Waals surface area contributed by atoms with Crippen LogP contribution in [-0.2, 0) is 16.1 Å². The van der Waals surface area contributed by atoms with Gasteiger partial charge in [-0.05, 0) is 35.7 Å². The van der Waals surface area contributed by atoms with E-state index < -0.39 is 0 Å². The van der Waals surface area contributed by atoms with E-state index in [2.05, 4.69) is 12.2 Å². The summed E-state index contributed by atoms with van der Waals surface area (Å²) in [5, 5.41) is 0. The van der Waals surface area contributed by atoms with E-state index in [0.29, 0.717) is 30.2 Å². The zero-order valence-corrected chi connectivity index (χ0v) is 11.7. The second-order valence-electron chi connectivity index (χ2n) is 6.90. The van der Waals surface area contributed by atoms with Crippen LogP contribution in [0.1, 0.15) is 12.0 Å². The Labute approximate surface area is 123 Å². The molecule has 0 radical (unpaired) electrons. The van der Waals surface area contributed by atoms with Crippen molar-refractivity contribution in [2.45, 2.75) is 13.0 Å². The van der Waals surface area contributed by atoms with Crippen molar-refractivity contribution in [3.05, 3.63) is 48.0 Å². The zero-order valence-electron chi connectivity index (χ0n) is 11.7. The highest BCUT2D eigenvalue weighted by atomic mass is 16.2. The molecule has 3 nitrogen and oxygen atoms in total. The second-order valence-corrected chi connectivity index (χ2v) is 6.90. The minimum absolute atomic E-state index is 0.0681. The smallest absolute Gasteiger partial charge is 0.234 e. The Bertz CT molecular complexity index is 629. The lowest BCUT2D eigenvalue weighted by molar-refractivity contribution is -0.140. The van der Waals surface area contributed by atoms with Crippen molar-refractivity contribution < 1.29 is 9.59 Å². The van der Waals surface area contributed by atoms with Crippen LogP contribution in [0.5, 0.6) is 0 Å². The average molecular weight is 279 g/mol. The highest BCUT2D eigenvalue weighted by molar-refractivity contribution is 6.06. The first-order chi connectivity index (χ1) is 10.3. The number of amides is 2. The fourth-order valence-electron chi connectivity index (χ4n) is 4.94. The summed E-state index contributed by atoms with van der Waals surface area (Å²) in [4.78, 5) is 27.1. The fourth-order valence-corrected chi connectivity index (χ4v) is 4.94. The normalized spacial score (nSPS) is 42.2. The van der Waals surface area contributed by atoms with E-state index in [9.17, 15) is 9.59 Å². The molecule has 6 rings (SSSR count). The van der Waals surface area contributed by atoms with Gasteiger partial charge in [-0.25, -0.2) is 0 Å². The van der Waals surface area contributed by atoms with Crippen LogP contribution in [0.4, 0.5) is 0 Å². The van der Waals surface area contributed by atoms with E-state index in [-0.39, 0.29) is 23.7 Å². The van der Waals surface area contributed by atoms with Gasteiger partial charge < -0.3 is 0 Å². The molecule has 3 fully saturated rings. The van der Waals surface area contributed by atoms with Crippen molar-refractivity contribution in [3.8, 4) is 0 Å². The van der Waals surface area contributed by atoms with Crippen molar-refractivity contribution in [1.29, 1.82) is 0 Å². The van der Waals surface area contributed by atoms with Gasteiger partial charge in [0.2, 0.25) is 11.8 Å². The van der Waals surface area contributed by atoms with Gasteiger partial charge in [0.05, 0.1) is 18.4 Å². The molecule has 4 aliphatic carbocycles. The summed E-state index contributed by atoms with van der Waals surface area (Å²) >= 11 is 0. The van der Waals surface area contributed by atoms with E-state index in [1.165, 1.54) is 11.3 Å². The fraction of sp³-hybridized carbons (Fsp3) is 0.444. The van der Waals surface area contributed by atoms with Crippen molar-refractivity contribution in [2.75, 3.05) is 0 Å². The van der Waals surface area contributed by atoms with Gasteiger partial charge in [-0.3, -0.25) is 14.5 Å². The highest BCUT2D eigenvalue weighted by Crippen LogP contribution is 2.65. The van der Waals surface area contributed by atoms with Crippen molar-refractivity contribution in [1.82, 2.24) is 4.90 Å². The third kappa shape index (κ3) is 1.44. The maximum Gasteiger partial charge on any atom is 0.234 e. The molecule has 106 valence electrons. The van der Waals surface area contributed by atoms with Crippen LogP contribution in [0.2, 0.25) is 0 Å². The van der Waals surface area contributed by atoms with Crippen molar-refractivity contribution in [3.63, 3.8) is 0 Å². The third-order valence-electron chi connectivity index (χ3n) is 5.94. The maximum atomic E-state index is 12.8. The van der Waals surface area contributed by atoms with Gasteiger partial charge in [0.15, 0.2) is 0 Å². The van der Waals surface area contributed by atoms with Gasteiger partial charge in [0.25, 0.3) is 0 Å². The van der Waals surface area contributed by atoms with Crippen molar-refractivity contribution >= 4 is 11.8 Å². The average Bonchev–Trinajstić information content (AvgIpc) is 3.30. The molecule has 21 heavy (non-hydrogen) atoms. The van der Waals surface area contributed by atoms with E-state index in [1.807, 2.05) is 30.3 Å². The molecule has 0 aromatic heterocycles. The summed E-state index contributed by atoms with van der Waals surface area (Å²) in [5.74, 6) is 1.99. The number of likely N-dealkylation sites (tertiary alicyclic amines) is 1. The predicted octanol–water partition coefficient (Wildman–Crippen LogP) is 2.24. The molecule has 1 aromatic rings. The number of carbonyl (C=O) groups excluding carboxylic acids is 2. The van der Waals surface area contributed by atoms with Crippen LogP contribution in [0, 0.1) is 35.5 Å². The predicted molar refractivity (Wildman–Crippen MR) is 76.7 cm³/mol. The minimum Gasteiger partial charge on any atom is -0.278 e. The Hall–Kier alpha value is -1.90. The molecule has 5 aliphatic rings. The summed E-state index contributed by atoms with van der Waals surface area (Å²) in [6.07, 6.45) is 5.66. The Kier molecular flexibility index (Phi) is 2.15. The Morgan fingerprint density at radius 1 is 0.905 bits per heavy atom. The van der Waals surface area contributed by atoms with E-state index in [4.69, 9.17) is 0 Å². The molecule has 2 saturated carbocycles. The Morgan fingerprint density at radius 2 is 1.48 bits per heavy atom. The van der Waals surface area contributed by atoms with Crippen molar-refractivity contribution in [2.24, 2.45) is 35.5 Å². The van der Waals surface area contributed by atoms with Crippen LogP contribution in [0.25, 0.3) is 0 Å². The number of benzene rings is 1. The first-order valence-corrected chi connectivity index (χ1v) is 7.83. The summed E-state index contributed by atoms with van der Waals surface area (Å²) in [6, 6.07) is 9.82. The highest BCUT2D eigenvalue weighted by Gasteiger charge is 2.66. The topological polar surface area (TPSA) is 37.4 Å². The molecule has 6 atom stereocenters. The van der Waals surface area contributed by atoms with Crippen LogP contribution in [0.15, 0.2) is 42.5 Å². The number of carbonyl (C=O) groups is 2. The number of allylic oxidation sites excluding steroid dienone is 2. The van der Waals surface area contributed by atoms with Gasteiger partial charge in [-0.2, -0.15) is 0 Å². The van der Waals surface area contributed by atoms with Gasteiger partial charge in [0.1, 0.15) is 0 Å². The number of hydrogen-bond acceptors (Lipinski definition) is 2. The Morgan fingerprint density at radius 3 is 2.05 bits per heavy atom. The first-order valence-electron chi connectivity index (χ1n) is 7.83. The lowest BCUT2D eigenvalue weighted by Crippen LogP contribution is -2.40. The monoisotopic (exact) mass is 279 g/mol. The molecule has 1 aliphatic heterocycles. The summed E-state index contributed by atoms with van der Waals surface area (Å²) in [6.45, 7) is 0.431. The van der Waals surface area contributed by atoms with Gasteiger partial charge in [-0.15, -0.1) is 0 Å². The molecular formula is C18H17NO2. The molecule has 0 unspecified atom stereocenters.